The smallest absolute Gasteiger partial charge is 0.161 e. The van der Waals surface area contributed by atoms with Crippen LogP contribution in [0.25, 0.3) is 0 Å². The molecule has 2 unspecified atom stereocenters. The summed E-state index contributed by atoms with van der Waals surface area (Å²) in [5.41, 5.74) is 8.08. The van der Waals surface area contributed by atoms with Gasteiger partial charge in [0.05, 0.1) is 5.54 Å². The van der Waals surface area contributed by atoms with Gasteiger partial charge in [-0.2, -0.15) is 0 Å². The van der Waals surface area contributed by atoms with Crippen LogP contribution in [0.2, 0.25) is 0 Å². The van der Waals surface area contributed by atoms with Crippen molar-refractivity contribution in [1.29, 1.82) is 0 Å². The molecule has 4 heteroatoms. The molecule has 4 N–H and O–H groups in total. The highest BCUT2D eigenvalue weighted by Crippen LogP contribution is 2.26. The number of hydrogen-bond acceptors (Lipinski definition) is 4. The van der Waals surface area contributed by atoms with Gasteiger partial charge in [-0.05, 0) is 38.5 Å². The van der Waals surface area contributed by atoms with Crippen molar-refractivity contribution in [3.63, 3.8) is 0 Å². The predicted molar refractivity (Wildman–Crippen MR) is 73.7 cm³/mol. The van der Waals surface area contributed by atoms with Crippen molar-refractivity contribution >= 4 is 11.5 Å². The van der Waals surface area contributed by atoms with E-state index < -0.39 is 0 Å². The molecule has 18 heavy (non-hydrogen) atoms. The third-order valence-corrected chi connectivity index (χ3v) is 3.56. The van der Waals surface area contributed by atoms with Crippen LogP contribution in [-0.2, 0) is 5.54 Å². The molecule has 2 atom stereocenters. The lowest BCUT2D eigenvalue weighted by atomic mass is 9.87. The van der Waals surface area contributed by atoms with Gasteiger partial charge in [-0.3, -0.25) is 4.79 Å². The Balaban J connectivity index is 2.33. The largest absolute Gasteiger partial charge is 0.398 e. The average molecular weight is 247 g/mol. The minimum absolute atomic E-state index is 0.00676. The number of anilines is 1. The Kier molecular flexibility index (Phi) is 3.41. The second-order valence-electron chi connectivity index (χ2n) is 5.37. The van der Waals surface area contributed by atoms with Gasteiger partial charge in [-0.15, -0.1) is 0 Å². The van der Waals surface area contributed by atoms with Crippen LogP contribution in [0.15, 0.2) is 18.2 Å². The molecule has 0 aromatic heterocycles. The van der Waals surface area contributed by atoms with E-state index in [9.17, 15) is 4.79 Å². The van der Waals surface area contributed by atoms with Gasteiger partial charge in [-0.1, -0.05) is 6.07 Å². The highest BCUT2D eigenvalue weighted by atomic mass is 16.1. The first kappa shape index (κ1) is 13.1. The van der Waals surface area contributed by atoms with E-state index in [4.69, 9.17) is 5.73 Å². The van der Waals surface area contributed by atoms with Crippen LogP contribution in [-0.4, -0.2) is 24.9 Å². The number of piperazine rings is 1. The first-order valence-corrected chi connectivity index (χ1v) is 6.32. The third kappa shape index (κ3) is 2.40. The van der Waals surface area contributed by atoms with E-state index in [1.54, 1.807) is 0 Å². The van der Waals surface area contributed by atoms with E-state index in [2.05, 4.69) is 24.5 Å². The standard InChI is InChI=1S/C14H21N3O/c1-9-7-16-8-14(3,17-9)11-4-5-12(10(2)18)13(15)6-11/h4-6,9,16-17H,7-8,15H2,1-3H3. The molecular weight excluding hydrogens is 226 g/mol. The Morgan fingerprint density at radius 3 is 2.78 bits per heavy atom. The lowest BCUT2D eigenvalue weighted by Crippen LogP contribution is -2.59. The van der Waals surface area contributed by atoms with Gasteiger partial charge in [0, 0.05) is 30.4 Å². The summed E-state index contributed by atoms with van der Waals surface area (Å²) in [6.07, 6.45) is 0. The number of rotatable bonds is 2. The molecule has 0 bridgehead atoms. The minimum Gasteiger partial charge on any atom is -0.398 e. The maximum Gasteiger partial charge on any atom is 0.161 e. The van der Waals surface area contributed by atoms with Gasteiger partial charge < -0.3 is 16.4 Å². The quantitative estimate of drug-likeness (QED) is 0.544. The molecule has 0 aliphatic carbocycles. The number of carbonyl (C=O) groups excluding carboxylic acids is 1. The van der Waals surface area contributed by atoms with Crippen molar-refractivity contribution in [2.45, 2.75) is 32.4 Å². The molecule has 0 saturated carbocycles. The van der Waals surface area contributed by atoms with Gasteiger partial charge in [0.1, 0.15) is 0 Å². The Labute approximate surface area is 108 Å². The zero-order chi connectivity index (χ0) is 13.3. The van der Waals surface area contributed by atoms with Crippen LogP contribution in [0.1, 0.15) is 36.7 Å². The highest BCUT2D eigenvalue weighted by molar-refractivity contribution is 5.99. The zero-order valence-electron chi connectivity index (χ0n) is 11.2. The van der Waals surface area contributed by atoms with Crippen LogP contribution in [0, 0.1) is 0 Å². The van der Waals surface area contributed by atoms with Gasteiger partial charge >= 0.3 is 0 Å². The maximum absolute atomic E-state index is 11.4. The molecule has 0 radical (unpaired) electrons. The molecule has 0 spiro atoms. The summed E-state index contributed by atoms with van der Waals surface area (Å²) in [6, 6.07) is 6.13. The number of hydrogen-bond donors (Lipinski definition) is 3. The number of carbonyl (C=O) groups is 1. The molecule has 0 amide bonds. The summed E-state index contributed by atoms with van der Waals surface area (Å²) >= 11 is 0. The van der Waals surface area contributed by atoms with Crippen LogP contribution in [0.3, 0.4) is 0 Å². The van der Waals surface area contributed by atoms with Crippen molar-refractivity contribution in [3.8, 4) is 0 Å². The van der Waals surface area contributed by atoms with E-state index in [-0.39, 0.29) is 11.3 Å². The van der Waals surface area contributed by atoms with Crippen molar-refractivity contribution in [2.75, 3.05) is 18.8 Å². The van der Waals surface area contributed by atoms with E-state index in [0.29, 0.717) is 17.3 Å². The Bertz CT molecular complexity index is 472. The Morgan fingerprint density at radius 1 is 1.50 bits per heavy atom. The molecule has 1 aliphatic heterocycles. The number of Topliss-reactive ketones (excluding diaryl/α,β-unsaturated/α-hetero) is 1. The first-order valence-electron chi connectivity index (χ1n) is 6.32. The average Bonchev–Trinajstić information content (AvgIpc) is 2.28. The molecule has 1 saturated heterocycles. The first-order chi connectivity index (χ1) is 8.42. The highest BCUT2D eigenvalue weighted by Gasteiger charge is 2.31. The molecular formula is C14H21N3O. The van der Waals surface area contributed by atoms with Gasteiger partial charge in [0.2, 0.25) is 0 Å². The number of nitrogens with one attached hydrogen (secondary N) is 2. The van der Waals surface area contributed by atoms with Gasteiger partial charge in [0.15, 0.2) is 5.78 Å². The van der Waals surface area contributed by atoms with Crippen LogP contribution in [0.5, 0.6) is 0 Å². The molecule has 1 fully saturated rings. The topological polar surface area (TPSA) is 67.2 Å². The van der Waals surface area contributed by atoms with Crippen LogP contribution in [0.4, 0.5) is 5.69 Å². The monoisotopic (exact) mass is 247 g/mol. The molecule has 2 rings (SSSR count). The lowest BCUT2D eigenvalue weighted by molar-refractivity contribution is 0.101. The number of nitrogen functional groups attached to an aromatic ring is 1. The van der Waals surface area contributed by atoms with Gasteiger partial charge in [-0.25, -0.2) is 0 Å². The predicted octanol–water partition coefficient (Wildman–Crippen LogP) is 1.27. The van der Waals surface area contributed by atoms with E-state index in [0.717, 1.165) is 18.7 Å². The van der Waals surface area contributed by atoms with Gasteiger partial charge in [0.25, 0.3) is 0 Å². The van der Waals surface area contributed by atoms with E-state index >= 15 is 0 Å². The molecule has 4 nitrogen and oxygen atoms in total. The Morgan fingerprint density at radius 2 is 2.22 bits per heavy atom. The Hall–Kier alpha value is -1.39. The number of nitrogens with two attached hydrogens (primary N) is 1. The van der Waals surface area contributed by atoms with Crippen LogP contribution < -0.4 is 16.4 Å². The number of benzene rings is 1. The summed E-state index contributed by atoms with van der Waals surface area (Å²) in [5.74, 6) is 0.00676. The third-order valence-electron chi connectivity index (χ3n) is 3.56. The molecule has 1 aliphatic rings. The van der Waals surface area contributed by atoms with Crippen molar-refractivity contribution < 1.29 is 4.79 Å². The summed E-state index contributed by atoms with van der Waals surface area (Å²) in [6.45, 7) is 7.66. The molecule has 1 aromatic rings. The SMILES string of the molecule is CC(=O)c1ccc(C2(C)CNCC(C)N2)cc1N. The number of ketones is 1. The zero-order valence-corrected chi connectivity index (χ0v) is 11.2. The lowest BCUT2D eigenvalue weighted by Gasteiger charge is -2.39. The summed E-state index contributed by atoms with van der Waals surface area (Å²) in [5, 5.41) is 6.99. The molecule has 1 heterocycles. The van der Waals surface area contributed by atoms with E-state index in [1.807, 2.05) is 18.2 Å². The molecule has 98 valence electrons. The normalized spacial score (nSPS) is 28.1. The fourth-order valence-electron chi connectivity index (χ4n) is 2.60. The molecule has 1 aromatic carbocycles. The minimum atomic E-state index is -0.138. The van der Waals surface area contributed by atoms with Crippen molar-refractivity contribution in [3.05, 3.63) is 29.3 Å². The van der Waals surface area contributed by atoms with E-state index in [1.165, 1.54) is 6.92 Å². The second-order valence-corrected chi connectivity index (χ2v) is 5.37. The van der Waals surface area contributed by atoms with Crippen LogP contribution >= 0.6 is 0 Å². The fourth-order valence-corrected chi connectivity index (χ4v) is 2.60. The van der Waals surface area contributed by atoms with Crippen molar-refractivity contribution in [2.24, 2.45) is 0 Å². The summed E-state index contributed by atoms with van der Waals surface area (Å²) in [4.78, 5) is 11.4. The summed E-state index contributed by atoms with van der Waals surface area (Å²) in [7, 11) is 0. The second kappa shape index (κ2) is 4.71. The maximum atomic E-state index is 11.4. The fraction of sp³-hybridized carbons (Fsp3) is 0.500. The summed E-state index contributed by atoms with van der Waals surface area (Å²) < 4.78 is 0. The van der Waals surface area contributed by atoms with Crippen molar-refractivity contribution in [1.82, 2.24) is 10.6 Å².